The number of rotatable bonds is 7. The summed E-state index contributed by atoms with van der Waals surface area (Å²) in [6.45, 7) is 0.215. The summed E-state index contributed by atoms with van der Waals surface area (Å²) in [5.74, 6) is -0.883. The maximum absolute atomic E-state index is 13.2. The van der Waals surface area contributed by atoms with E-state index in [4.69, 9.17) is 5.73 Å². The first-order chi connectivity index (χ1) is 15.9. The van der Waals surface area contributed by atoms with Crippen molar-refractivity contribution in [2.75, 3.05) is 6.54 Å². The van der Waals surface area contributed by atoms with Crippen LogP contribution in [0, 0.1) is 5.82 Å². The number of halogens is 1. The Labute approximate surface area is 189 Å². The molecule has 8 nitrogen and oxygen atoms in total. The number of aromatic nitrogens is 4. The molecular weight excluding hydrogens is 423 g/mol. The highest BCUT2D eigenvalue weighted by atomic mass is 19.1. The SMILES string of the molecule is Cn1nc(C(=O)NCCc2nc(-c3ccccc3)ncc2C(N)=O)cc1-c1ccc(F)cc1. The normalized spacial score (nSPS) is 10.7. The summed E-state index contributed by atoms with van der Waals surface area (Å²) in [4.78, 5) is 33.1. The molecule has 2 amide bonds. The zero-order valence-corrected chi connectivity index (χ0v) is 17.8. The van der Waals surface area contributed by atoms with Gasteiger partial charge < -0.3 is 11.1 Å². The minimum absolute atomic E-state index is 0.209. The lowest BCUT2D eigenvalue weighted by atomic mass is 10.1. The van der Waals surface area contributed by atoms with E-state index in [0.29, 0.717) is 17.2 Å². The summed E-state index contributed by atoms with van der Waals surface area (Å²) in [5, 5.41) is 7.03. The predicted octanol–water partition coefficient (Wildman–Crippen LogP) is 2.75. The molecular formula is C24H21FN6O2. The van der Waals surface area contributed by atoms with Crippen LogP contribution in [0.5, 0.6) is 0 Å². The van der Waals surface area contributed by atoms with E-state index in [2.05, 4.69) is 20.4 Å². The smallest absolute Gasteiger partial charge is 0.271 e. The molecule has 33 heavy (non-hydrogen) atoms. The summed E-state index contributed by atoms with van der Waals surface area (Å²) in [6, 6.07) is 16.9. The standard InChI is InChI=1S/C24H21FN6O2/c1-31-21(15-7-9-17(25)10-8-15)13-20(30-31)24(33)27-12-11-19-18(22(26)32)14-28-23(29-19)16-5-3-2-4-6-16/h2-10,13-14H,11-12H2,1H3,(H2,26,32)(H,27,33). The summed E-state index contributed by atoms with van der Waals surface area (Å²) < 4.78 is 14.8. The monoisotopic (exact) mass is 444 g/mol. The maximum Gasteiger partial charge on any atom is 0.271 e. The molecule has 9 heteroatoms. The van der Waals surface area contributed by atoms with Gasteiger partial charge in [-0.05, 0) is 35.9 Å². The molecule has 0 unspecified atom stereocenters. The van der Waals surface area contributed by atoms with Gasteiger partial charge in [-0.2, -0.15) is 5.10 Å². The number of carbonyl (C=O) groups is 2. The molecule has 2 aromatic heterocycles. The molecule has 2 aromatic carbocycles. The summed E-state index contributed by atoms with van der Waals surface area (Å²) in [5.41, 5.74) is 8.57. The molecule has 166 valence electrons. The second-order valence-electron chi connectivity index (χ2n) is 7.34. The van der Waals surface area contributed by atoms with Gasteiger partial charge in [-0.15, -0.1) is 0 Å². The predicted molar refractivity (Wildman–Crippen MR) is 121 cm³/mol. The van der Waals surface area contributed by atoms with Crippen LogP contribution in [0.4, 0.5) is 4.39 Å². The Bertz CT molecular complexity index is 1300. The molecule has 2 heterocycles. The first-order valence-electron chi connectivity index (χ1n) is 10.2. The fraction of sp³-hybridized carbons (Fsp3) is 0.125. The first kappa shape index (κ1) is 21.8. The lowest BCUT2D eigenvalue weighted by Gasteiger charge is -2.09. The molecule has 4 rings (SSSR count). The third kappa shape index (κ3) is 4.93. The number of hydrogen-bond acceptors (Lipinski definition) is 5. The largest absolute Gasteiger partial charge is 0.365 e. The minimum Gasteiger partial charge on any atom is -0.365 e. The molecule has 0 radical (unpaired) electrons. The van der Waals surface area contributed by atoms with Crippen LogP contribution in [-0.4, -0.2) is 38.1 Å². The molecule has 0 bridgehead atoms. The summed E-state index contributed by atoms with van der Waals surface area (Å²) in [6.07, 6.45) is 1.69. The van der Waals surface area contributed by atoms with Gasteiger partial charge in [0.15, 0.2) is 11.5 Å². The van der Waals surface area contributed by atoms with Crippen LogP contribution in [0.2, 0.25) is 0 Å². The van der Waals surface area contributed by atoms with Gasteiger partial charge in [0.2, 0.25) is 0 Å². The van der Waals surface area contributed by atoms with Crippen molar-refractivity contribution >= 4 is 11.8 Å². The number of hydrogen-bond donors (Lipinski definition) is 2. The highest BCUT2D eigenvalue weighted by Crippen LogP contribution is 2.20. The number of carbonyl (C=O) groups excluding carboxylic acids is 2. The maximum atomic E-state index is 13.2. The van der Waals surface area contributed by atoms with Crippen LogP contribution >= 0.6 is 0 Å². The van der Waals surface area contributed by atoms with Gasteiger partial charge in [0.05, 0.1) is 17.0 Å². The van der Waals surface area contributed by atoms with Crippen molar-refractivity contribution in [2.24, 2.45) is 12.8 Å². The van der Waals surface area contributed by atoms with Crippen LogP contribution in [0.3, 0.4) is 0 Å². The number of nitrogens with two attached hydrogens (primary N) is 1. The second kappa shape index (κ2) is 9.39. The second-order valence-corrected chi connectivity index (χ2v) is 7.34. The Morgan fingerprint density at radius 3 is 2.48 bits per heavy atom. The molecule has 3 N–H and O–H groups in total. The van der Waals surface area contributed by atoms with Crippen molar-refractivity contribution in [1.82, 2.24) is 25.1 Å². The Morgan fingerprint density at radius 1 is 1.06 bits per heavy atom. The van der Waals surface area contributed by atoms with Crippen LogP contribution in [-0.2, 0) is 13.5 Å². The number of primary amides is 1. The van der Waals surface area contributed by atoms with Gasteiger partial charge in [0.1, 0.15) is 5.82 Å². The third-order valence-electron chi connectivity index (χ3n) is 5.06. The van der Waals surface area contributed by atoms with Crippen molar-refractivity contribution in [1.29, 1.82) is 0 Å². The van der Waals surface area contributed by atoms with Crippen molar-refractivity contribution in [3.05, 3.63) is 89.6 Å². The molecule has 0 atom stereocenters. The number of aryl methyl sites for hydroxylation is 1. The Kier molecular flexibility index (Phi) is 6.21. The van der Waals surface area contributed by atoms with Crippen LogP contribution in [0.15, 0.2) is 66.9 Å². The minimum atomic E-state index is -0.635. The van der Waals surface area contributed by atoms with Gasteiger partial charge >= 0.3 is 0 Å². The van der Waals surface area contributed by atoms with E-state index in [1.54, 1.807) is 29.9 Å². The van der Waals surface area contributed by atoms with Gasteiger partial charge in [0.25, 0.3) is 11.8 Å². The number of nitrogens with zero attached hydrogens (tertiary/aromatic N) is 4. The van der Waals surface area contributed by atoms with E-state index in [-0.39, 0.29) is 35.9 Å². The average molecular weight is 444 g/mol. The van der Waals surface area contributed by atoms with Crippen LogP contribution < -0.4 is 11.1 Å². The number of nitrogens with one attached hydrogen (secondary N) is 1. The first-order valence-corrected chi connectivity index (χ1v) is 10.2. The van der Waals surface area contributed by atoms with E-state index in [0.717, 1.165) is 11.1 Å². The van der Waals surface area contributed by atoms with Gasteiger partial charge in [0, 0.05) is 31.8 Å². The Balaban J connectivity index is 1.47. The van der Waals surface area contributed by atoms with Crippen LogP contribution in [0.1, 0.15) is 26.5 Å². The molecule has 0 fully saturated rings. The van der Waals surface area contributed by atoms with E-state index < -0.39 is 5.91 Å². The Hall–Kier alpha value is -4.40. The van der Waals surface area contributed by atoms with E-state index in [1.807, 2.05) is 30.3 Å². The summed E-state index contributed by atoms with van der Waals surface area (Å²) >= 11 is 0. The van der Waals surface area contributed by atoms with Gasteiger partial charge in [-0.1, -0.05) is 30.3 Å². The van der Waals surface area contributed by atoms with Crippen molar-refractivity contribution in [2.45, 2.75) is 6.42 Å². The fourth-order valence-electron chi connectivity index (χ4n) is 3.39. The topological polar surface area (TPSA) is 116 Å². The van der Waals surface area contributed by atoms with Gasteiger partial charge in [-0.25, -0.2) is 14.4 Å². The fourth-order valence-corrected chi connectivity index (χ4v) is 3.39. The van der Waals surface area contributed by atoms with Gasteiger partial charge in [-0.3, -0.25) is 14.3 Å². The highest BCUT2D eigenvalue weighted by Gasteiger charge is 2.16. The van der Waals surface area contributed by atoms with Crippen molar-refractivity contribution in [3.8, 4) is 22.6 Å². The zero-order chi connectivity index (χ0) is 23.4. The Morgan fingerprint density at radius 2 is 1.79 bits per heavy atom. The molecule has 0 aliphatic heterocycles. The number of benzene rings is 2. The molecule has 0 spiro atoms. The third-order valence-corrected chi connectivity index (χ3v) is 5.06. The highest BCUT2D eigenvalue weighted by molar-refractivity contribution is 5.94. The quantitative estimate of drug-likeness (QED) is 0.455. The number of amides is 2. The lowest BCUT2D eigenvalue weighted by molar-refractivity contribution is 0.0948. The zero-order valence-electron chi connectivity index (χ0n) is 17.8. The molecule has 4 aromatic rings. The lowest BCUT2D eigenvalue weighted by Crippen LogP contribution is -2.27. The molecule has 0 aliphatic carbocycles. The van der Waals surface area contributed by atoms with E-state index in [1.165, 1.54) is 18.3 Å². The van der Waals surface area contributed by atoms with E-state index >= 15 is 0 Å². The van der Waals surface area contributed by atoms with E-state index in [9.17, 15) is 14.0 Å². The molecule has 0 saturated heterocycles. The van der Waals surface area contributed by atoms with Crippen LogP contribution in [0.25, 0.3) is 22.6 Å². The van der Waals surface area contributed by atoms with Crippen molar-refractivity contribution in [3.63, 3.8) is 0 Å². The van der Waals surface area contributed by atoms with Crippen molar-refractivity contribution < 1.29 is 14.0 Å². The summed E-state index contributed by atoms with van der Waals surface area (Å²) in [7, 11) is 1.71. The molecule has 0 aliphatic rings. The molecule has 0 saturated carbocycles. The average Bonchev–Trinajstić information content (AvgIpc) is 3.21.